The number of sulfonamides is 1. The fourth-order valence-corrected chi connectivity index (χ4v) is 5.00. The van der Waals surface area contributed by atoms with Gasteiger partial charge in [0, 0.05) is 22.6 Å². The number of anilines is 1. The maximum absolute atomic E-state index is 12.9. The van der Waals surface area contributed by atoms with E-state index >= 15 is 0 Å². The van der Waals surface area contributed by atoms with Gasteiger partial charge in [-0.15, -0.1) is 0 Å². The maximum Gasteiger partial charge on any atom is 0.265 e. The van der Waals surface area contributed by atoms with Crippen LogP contribution in [0.4, 0.5) is 5.69 Å². The summed E-state index contributed by atoms with van der Waals surface area (Å²) >= 11 is 9.29. The second-order valence-electron chi connectivity index (χ2n) is 6.60. The monoisotopic (exact) mass is 518 g/mol. The van der Waals surface area contributed by atoms with Crippen LogP contribution in [0.1, 0.15) is 23.2 Å². The molecule has 3 N–H and O–H groups in total. The van der Waals surface area contributed by atoms with Crippen molar-refractivity contribution in [2.24, 2.45) is 0 Å². The molecule has 11 heteroatoms. The van der Waals surface area contributed by atoms with Crippen molar-refractivity contribution in [2.45, 2.75) is 23.8 Å². The molecule has 1 amide bonds. The molecule has 1 aliphatic rings. The van der Waals surface area contributed by atoms with Crippen LogP contribution in [0, 0.1) is 0 Å². The van der Waals surface area contributed by atoms with Gasteiger partial charge in [0.25, 0.3) is 15.9 Å². The SMILES string of the molecule is COc1ccc(Br)cc1S(=O)(=O)Nc1cc(Cl)cc(C(=O)NCC2CCCO2)c1O. The summed E-state index contributed by atoms with van der Waals surface area (Å²) in [5.41, 5.74) is -0.383. The molecule has 1 saturated heterocycles. The average Bonchev–Trinajstić information content (AvgIpc) is 3.22. The number of phenolic OH excluding ortho intramolecular Hbond substituents is 1. The van der Waals surface area contributed by atoms with Crippen LogP contribution in [0.2, 0.25) is 5.02 Å². The number of carbonyl (C=O) groups is 1. The van der Waals surface area contributed by atoms with E-state index in [-0.39, 0.29) is 39.6 Å². The lowest BCUT2D eigenvalue weighted by Gasteiger charge is -2.16. The lowest BCUT2D eigenvalue weighted by Crippen LogP contribution is -2.31. The van der Waals surface area contributed by atoms with Crippen molar-refractivity contribution in [1.29, 1.82) is 0 Å². The fraction of sp³-hybridized carbons (Fsp3) is 0.316. The van der Waals surface area contributed by atoms with Gasteiger partial charge in [-0.25, -0.2) is 8.42 Å². The summed E-state index contributed by atoms with van der Waals surface area (Å²) < 4.78 is 39.2. The Balaban J connectivity index is 1.87. The van der Waals surface area contributed by atoms with E-state index in [0.717, 1.165) is 12.8 Å². The predicted octanol–water partition coefficient (Wildman–Crippen LogP) is 3.53. The number of phenols is 1. The molecule has 162 valence electrons. The third kappa shape index (κ3) is 5.18. The highest BCUT2D eigenvalue weighted by molar-refractivity contribution is 9.10. The van der Waals surface area contributed by atoms with Gasteiger partial charge in [-0.1, -0.05) is 27.5 Å². The van der Waals surface area contributed by atoms with Crippen molar-refractivity contribution in [1.82, 2.24) is 5.32 Å². The molecule has 1 unspecified atom stereocenters. The number of ether oxygens (including phenoxy) is 2. The van der Waals surface area contributed by atoms with Crippen molar-refractivity contribution in [2.75, 3.05) is 25.0 Å². The number of methoxy groups -OCH3 is 1. The molecule has 3 rings (SSSR count). The average molecular weight is 520 g/mol. The second kappa shape index (κ2) is 9.42. The summed E-state index contributed by atoms with van der Waals surface area (Å²) in [7, 11) is -2.82. The number of nitrogens with one attached hydrogen (secondary N) is 2. The number of aromatic hydroxyl groups is 1. The normalized spacial score (nSPS) is 16.3. The zero-order valence-electron chi connectivity index (χ0n) is 15.9. The van der Waals surface area contributed by atoms with Gasteiger partial charge in [-0.05, 0) is 43.2 Å². The highest BCUT2D eigenvalue weighted by Crippen LogP contribution is 2.35. The Hall–Kier alpha value is -2.01. The van der Waals surface area contributed by atoms with Crippen LogP contribution in [0.25, 0.3) is 0 Å². The minimum Gasteiger partial charge on any atom is -0.505 e. The molecule has 1 fully saturated rings. The first-order valence-corrected chi connectivity index (χ1v) is 11.7. The van der Waals surface area contributed by atoms with Crippen molar-refractivity contribution in [3.05, 3.63) is 45.4 Å². The second-order valence-corrected chi connectivity index (χ2v) is 9.60. The summed E-state index contributed by atoms with van der Waals surface area (Å²) in [6.07, 6.45) is 1.67. The molecule has 2 aromatic carbocycles. The lowest BCUT2D eigenvalue weighted by molar-refractivity contribution is 0.0855. The molecule has 30 heavy (non-hydrogen) atoms. The smallest absolute Gasteiger partial charge is 0.265 e. The van der Waals surface area contributed by atoms with E-state index in [1.807, 2.05) is 0 Å². The largest absolute Gasteiger partial charge is 0.505 e. The third-order valence-corrected chi connectivity index (χ3v) is 6.59. The van der Waals surface area contributed by atoms with Crippen molar-refractivity contribution >= 4 is 49.1 Å². The van der Waals surface area contributed by atoms with Gasteiger partial charge in [0.05, 0.1) is 24.5 Å². The topological polar surface area (TPSA) is 114 Å². The Kier molecular flexibility index (Phi) is 7.12. The Morgan fingerprint density at radius 2 is 2.13 bits per heavy atom. The standard InChI is InChI=1S/C19H20BrClN2O6S/c1-28-16-5-4-11(20)7-17(16)30(26,27)23-15-9-12(21)8-14(18(15)24)19(25)22-10-13-3-2-6-29-13/h4-5,7-9,13,23-24H,2-3,6,10H2,1H3,(H,22,25). The molecule has 2 aromatic rings. The van der Waals surface area contributed by atoms with Crippen molar-refractivity contribution in [3.63, 3.8) is 0 Å². The Morgan fingerprint density at radius 1 is 1.37 bits per heavy atom. The van der Waals surface area contributed by atoms with Gasteiger partial charge in [0.1, 0.15) is 10.6 Å². The van der Waals surface area contributed by atoms with Crippen LogP contribution in [0.3, 0.4) is 0 Å². The molecule has 8 nitrogen and oxygen atoms in total. The minimum atomic E-state index is -4.16. The van der Waals surface area contributed by atoms with Gasteiger partial charge in [-0.2, -0.15) is 0 Å². The van der Waals surface area contributed by atoms with Gasteiger partial charge >= 0.3 is 0 Å². The van der Waals surface area contributed by atoms with Gasteiger partial charge in [0.15, 0.2) is 5.75 Å². The van der Waals surface area contributed by atoms with Crippen LogP contribution in [-0.4, -0.2) is 45.8 Å². The quantitative estimate of drug-likeness (QED) is 0.482. The van der Waals surface area contributed by atoms with Crippen molar-refractivity contribution < 1.29 is 27.8 Å². The number of rotatable bonds is 7. The number of halogens is 2. The molecular formula is C19H20BrClN2O6S. The molecular weight excluding hydrogens is 500 g/mol. The van der Waals surface area contributed by atoms with Crippen LogP contribution in [-0.2, 0) is 14.8 Å². The summed E-state index contributed by atoms with van der Waals surface area (Å²) in [5.74, 6) is -1.02. The molecule has 0 radical (unpaired) electrons. The summed E-state index contributed by atoms with van der Waals surface area (Å²) in [6.45, 7) is 0.926. The molecule has 0 bridgehead atoms. The lowest BCUT2D eigenvalue weighted by atomic mass is 10.1. The molecule has 1 atom stereocenters. The van der Waals surface area contributed by atoms with Gasteiger partial charge in [0.2, 0.25) is 0 Å². The highest BCUT2D eigenvalue weighted by atomic mass is 79.9. The van der Waals surface area contributed by atoms with Gasteiger partial charge in [-0.3, -0.25) is 9.52 Å². The Morgan fingerprint density at radius 3 is 2.80 bits per heavy atom. The van der Waals surface area contributed by atoms with E-state index in [0.29, 0.717) is 11.1 Å². The molecule has 0 saturated carbocycles. The van der Waals surface area contributed by atoms with Crippen LogP contribution >= 0.6 is 27.5 Å². The third-order valence-electron chi connectivity index (χ3n) is 4.49. The first kappa shape index (κ1) is 22.7. The summed E-state index contributed by atoms with van der Waals surface area (Å²) in [6, 6.07) is 6.96. The van der Waals surface area contributed by atoms with Crippen LogP contribution < -0.4 is 14.8 Å². The summed E-state index contributed by atoms with van der Waals surface area (Å²) in [5, 5.41) is 13.3. The first-order valence-electron chi connectivity index (χ1n) is 9.00. The van der Waals surface area contributed by atoms with E-state index in [1.54, 1.807) is 6.07 Å². The van der Waals surface area contributed by atoms with Gasteiger partial charge < -0.3 is 19.9 Å². The van der Waals surface area contributed by atoms with Crippen molar-refractivity contribution in [3.8, 4) is 11.5 Å². The Labute approximate surface area is 187 Å². The fourth-order valence-electron chi connectivity index (χ4n) is 3.02. The van der Waals surface area contributed by atoms with Crippen LogP contribution in [0.15, 0.2) is 39.7 Å². The van der Waals surface area contributed by atoms with E-state index in [9.17, 15) is 18.3 Å². The number of benzene rings is 2. The maximum atomic E-state index is 12.9. The molecule has 1 aliphatic heterocycles. The number of amides is 1. The van der Waals surface area contributed by atoms with Crippen LogP contribution in [0.5, 0.6) is 11.5 Å². The molecule has 1 heterocycles. The van der Waals surface area contributed by atoms with E-state index in [2.05, 4.69) is 26.0 Å². The minimum absolute atomic E-state index is 0.0778. The van der Waals surface area contributed by atoms with E-state index < -0.39 is 21.7 Å². The first-order chi connectivity index (χ1) is 14.2. The summed E-state index contributed by atoms with van der Waals surface area (Å²) in [4.78, 5) is 12.4. The number of carbonyl (C=O) groups excluding carboxylic acids is 1. The van der Waals surface area contributed by atoms with E-state index in [1.165, 1.54) is 31.4 Å². The van der Waals surface area contributed by atoms with E-state index in [4.69, 9.17) is 21.1 Å². The predicted molar refractivity (Wildman–Crippen MR) is 116 cm³/mol. The molecule has 0 aromatic heterocycles. The Bertz CT molecular complexity index is 1060. The zero-order valence-corrected chi connectivity index (χ0v) is 19.1. The highest BCUT2D eigenvalue weighted by Gasteiger charge is 2.25. The number of hydrogen-bond acceptors (Lipinski definition) is 6. The zero-order chi connectivity index (χ0) is 21.9. The molecule has 0 spiro atoms. The number of hydrogen-bond donors (Lipinski definition) is 3. The molecule has 0 aliphatic carbocycles.